The van der Waals surface area contributed by atoms with Crippen molar-refractivity contribution in [1.29, 1.82) is 0 Å². The number of nitrogens with one attached hydrogen (secondary N) is 3. The van der Waals surface area contributed by atoms with Crippen LogP contribution in [0.1, 0.15) is 24.0 Å². The molecule has 0 radical (unpaired) electrons. The van der Waals surface area contributed by atoms with Crippen molar-refractivity contribution >= 4 is 34.7 Å². The topological polar surface area (TPSA) is 195 Å². The highest BCUT2D eigenvalue weighted by atomic mass is 16.4. The van der Waals surface area contributed by atoms with Crippen molar-refractivity contribution in [3.8, 4) is 5.75 Å². The van der Waals surface area contributed by atoms with Crippen molar-refractivity contribution in [2.75, 3.05) is 0 Å². The van der Waals surface area contributed by atoms with Crippen LogP contribution in [0.2, 0.25) is 0 Å². The van der Waals surface area contributed by atoms with E-state index in [-0.39, 0.29) is 31.4 Å². The number of carbonyl (C=O) groups is 4. The molecule has 0 bridgehead atoms. The van der Waals surface area contributed by atoms with Gasteiger partial charge in [-0.05, 0) is 35.7 Å². The lowest BCUT2D eigenvalue weighted by Gasteiger charge is -2.23. The smallest absolute Gasteiger partial charge is 0.326 e. The standard InChI is InChI=1S/C25H28N4O7/c26-18(9-10-22(31)32)23(33)28-20(12-15-13-27-19-4-2-1-3-17(15)19)24(34)29-21(25(35)36)11-14-5-7-16(30)8-6-14/h1-8,13,18,20-21,27,30H,9-12,26H2,(H,28,33)(H,29,34)(H,31,32)(H,35,36)/t18-,20-,21-/m0/s1. The third-order valence-corrected chi connectivity index (χ3v) is 5.73. The van der Waals surface area contributed by atoms with E-state index in [4.69, 9.17) is 10.8 Å². The Bertz CT molecular complexity index is 1240. The summed E-state index contributed by atoms with van der Waals surface area (Å²) in [6.45, 7) is 0. The number of nitrogens with two attached hydrogens (primary N) is 1. The van der Waals surface area contributed by atoms with E-state index in [2.05, 4.69) is 15.6 Å². The number of para-hydroxylation sites is 1. The number of hydrogen-bond donors (Lipinski definition) is 7. The van der Waals surface area contributed by atoms with Gasteiger partial charge in [0.2, 0.25) is 11.8 Å². The number of aliphatic carboxylic acids is 2. The number of hydrogen-bond acceptors (Lipinski definition) is 6. The second kappa shape index (κ2) is 11.8. The maximum Gasteiger partial charge on any atom is 0.326 e. The molecule has 2 amide bonds. The minimum atomic E-state index is -1.30. The predicted octanol–water partition coefficient (Wildman–Crippen LogP) is 0.905. The summed E-state index contributed by atoms with van der Waals surface area (Å²) in [5.41, 5.74) is 7.94. The van der Waals surface area contributed by atoms with Gasteiger partial charge in [0.25, 0.3) is 0 Å². The van der Waals surface area contributed by atoms with Gasteiger partial charge in [0.05, 0.1) is 6.04 Å². The molecule has 2 aromatic carbocycles. The molecular formula is C25H28N4O7. The first-order valence-electron chi connectivity index (χ1n) is 11.3. The third-order valence-electron chi connectivity index (χ3n) is 5.73. The Balaban J connectivity index is 1.80. The van der Waals surface area contributed by atoms with Crippen LogP contribution in [0.15, 0.2) is 54.7 Å². The molecule has 3 rings (SSSR count). The van der Waals surface area contributed by atoms with Gasteiger partial charge in [0, 0.05) is 36.4 Å². The third kappa shape index (κ3) is 7.06. The monoisotopic (exact) mass is 496 g/mol. The number of H-pyrrole nitrogens is 1. The van der Waals surface area contributed by atoms with E-state index in [9.17, 15) is 29.4 Å². The first kappa shape index (κ1) is 26.2. The lowest BCUT2D eigenvalue weighted by atomic mass is 10.0. The number of phenols is 1. The Morgan fingerprint density at radius 3 is 2.22 bits per heavy atom. The average molecular weight is 497 g/mol. The quantitative estimate of drug-likeness (QED) is 0.192. The fourth-order valence-electron chi connectivity index (χ4n) is 3.76. The second-order valence-electron chi connectivity index (χ2n) is 8.43. The molecule has 0 aliphatic heterocycles. The highest BCUT2D eigenvalue weighted by molar-refractivity contribution is 5.93. The molecule has 8 N–H and O–H groups in total. The lowest BCUT2D eigenvalue weighted by Crippen LogP contribution is -2.55. The number of aromatic nitrogens is 1. The minimum Gasteiger partial charge on any atom is -0.508 e. The molecule has 0 spiro atoms. The Hall–Kier alpha value is -4.38. The van der Waals surface area contributed by atoms with Crippen molar-refractivity contribution in [1.82, 2.24) is 15.6 Å². The van der Waals surface area contributed by atoms with Crippen LogP contribution in [0.3, 0.4) is 0 Å². The first-order valence-corrected chi connectivity index (χ1v) is 11.3. The van der Waals surface area contributed by atoms with E-state index in [1.54, 1.807) is 18.3 Å². The molecule has 11 nitrogen and oxygen atoms in total. The molecule has 36 heavy (non-hydrogen) atoms. The van der Waals surface area contributed by atoms with E-state index in [1.165, 1.54) is 12.1 Å². The zero-order chi connectivity index (χ0) is 26.2. The molecule has 0 fully saturated rings. The van der Waals surface area contributed by atoms with Crippen molar-refractivity contribution in [3.63, 3.8) is 0 Å². The number of phenolic OH excluding ortho intramolecular Hbond substituents is 1. The Labute approximate surface area is 206 Å². The molecule has 3 atom stereocenters. The molecule has 0 aliphatic rings. The highest BCUT2D eigenvalue weighted by Crippen LogP contribution is 2.19. The molecule has 3 aromatic rings. The number of aromatic amines is 1. The van der Waals surface area contributed by atoms with Gasteiger partial charge in [-0.25, -0.2) is 4.79 Å². The number of aromatic hydroxyl groups is 1. The number of rotatable bonds is 12. The first-order chi connectivity index (χ1) is 17.1. The van der Waals surface area contributed by atoms with Gasteiger partial charge in [0.1, 0.15) is 17.8 Å². The molecule has 0 saturated carbocycles. The van der Waals surface area contributed by atoms with Gasteiger partial charge in [-0.1, -0.05) is 30.3 Å². The van der Waals surface area contributed by atoms with E-state index in [0.717, 1.165) is 16.5 Å². The van der Waals surface area contributed by atoms with E-state index in [0.29, 0.717) is 5.56 Å². The Morgan fingerprint density at radius 1 is 0.889 bits per heavy atom. The summed E-state index contributed by atoms with van der Waals surface area (Å²) in [5, 5.41) is 33.8. The molecule has 1 aromatic heterocycles. The maximum atomic E-state index is 13.2. The molecule has 0 aliphatic carbocycles. The minimum absolute atomic E-state index is 0.0235. The fraction of sp³-hybridized carbons (Fsp3) is 0.280. The summed E-state index contributed by atoms with van der Waals surface area (Å²) in [6.07, 6.45) is 1.25. The summed E-state index contributed by atoms with van der Waals surface area (Å²) in [5.74, 6) is -3.81. The van der Waals surface area contributed by atoms with Gasteiger partial charge >= 0.3 is 11.9 Å². The number of fused-ring (bicyclic) bond motifs is 1. The Kier molecular flexibility index (Phi) is 8.63. The maximum absolute atomic E-state index is 13.2. The van der Waals surface area contributed by atoms with Crippen LogP contribution in [0.4, 0.5) is 0 Å². The van der Waals surface area contributed by atoms with E-state index in [1.807, 2.05) is 24.3 Å². The summed E-state index contributed by atoms with van der Waals surface area (Å²) in [4.78, 5) is 51.6. The summed E-state index contributed by atoms with van der Waals surface area (Å²) in [6, 6.07) is 9.65. The van der Waals surface area contributed by atoms with E-state index >= 15 is 0 Å². The van der Waals surface area contributed by atoms with Crippen molar-refractivity contribution in [2.45, 2.75) is 43.8 Å². The van der Waals surface area contributed by atoms with Gasteiger partial charge in [-0.3, -0.25) is 14.4 Å². The van der Waals surface area contributed by atoms with Crippen LogP contribution in [0, 0.1) is 0 Å². The molecule has 0 saturated heterocycles. The van der Waals surface area contributed by atoms with Crippen LogP contribution in [0.5, 0.6) is 5.75 Å². The number of carboxylic acid groups (broad SMARTS) is 2. The largest absolute Gasteiger partial charge is 0.508 e. The summed E-state index contributed by atoms with van der Waals surface area (Å²) < 4.78 is 0. The van der Waals surface area contributed by atoms with Crippen molar-refractivity contribution in [3.05, 3.63) is 65.9 Å². The SMILES string of the molecule is N[C@@H](CCC(=O)O)C(=O)N[C@@H](Cc1c[nH]c2ccccc12)C(=O)N[C@@H](Cc1ccc(O)cc1)C(=O)O. The van der Waals surface area contributed by atoms with Gasteiger partial charge in [-0.2, -0.15) is 0 Å². The molecule has 190 valence electrons. The van der Waals surface area contributed by atoms with Crippen molar-refractivity contribution < 1.29 is 34.5 Å². The summed E-state index contributed by atoms with van der Waals surface area (Å²) >= 11 is 0. The van der Waals surface area contributed by atoms with Gasteiger partial charge in [-0.15, -0.1) is 0 Å². The lowest BCUT2D eigenvalue weighted by molar-refractivity contribution is -0.142. The molecule has 1 heterocycles. The van der Waals surface area contributed by atoms with Crippen molar-refractivity contribution in [2.24, 2.45) is 5.73 Å². The number of carboxylic acids is 2. The van der Waals surface area contributed by atoms with Crippen LogP contribution < -0.4 is 16.4 Å². The number of benzene rings is 2. The second-order valence-corrected chi connectivity index (χ2v) is 8.43. The average Bonchev–Trinajstić information content (AvgIpc) is 3.25. The molecule has 0 unspecified atom stereocenters. The van der Waals surface area contributed by atoms with E-state index < -0.39 is 41.9 Å². The molecule has 11 heteroatoms. The van der Waals surface area contributed by atoms with Gasteiger partial charge in [0.15, 0.2) is 0 Å². The van der Waals surface area contributed by atoms with Crippen LogP contribution in [-0.4, -0.2) is 62.2 Å². The van der Waals surface area contributed by atoms with Crippen LogP contribution in [0.25, 0.3) is 10.9 Å². The zero-order valence-electron chi connectivity index (χ0n) is 19.3. The van der Waals surface area contributed by atoms with Gasteiger partial charge < -0.3 is 36.7 Å². The Morgan fingerprint density at radius 2 is 1.56 bits per heavy atom. The zero-order valence-corrected chi connectivity index (χ0v) is 19.3. The fourth-order valence-corrected chi connectivity index (χ4v) is 3.76. The van der Waals surface area contributed by atoms with Crippen LogP contribution in [-0.2, 0) is 32.0 Å². The highest BCUT2D eigenvalue weighted by Gasteiger charge is 2.29. The number of carbonyl (C=O) groups excluding carboxylic acids is 2. The van der Waals surface area contributed by atoms with Crippen LogP contribution >= 0.6 is 0 Å². The molecular weight excluding hydrogens is 468 g/mol. The summed E-state index contributed by atoms with van der Waals surface area (Å²) in [7, 11) is 0. The number of amides is 2. The predicted molar refractivity (Wildman–Crippen MR) is 130 cm³/mol. The normalized spacial score (nSPS) is 13.5.